The molecule has 1 aromatic heterocycles. The lowest BCUT2D eigenvalue weighted by molar-refractivity contribution is 0.205. The Bertz CT molecular complexity index is 422. The van der Waals surface area contributed by atoms with Crippen molar-refractivity contribution in [1.29, 1.82) is 0 Å². The number of ether oxygens (including phenoxy) is 1. The fourth-order valence-corrected chi connectivity index (χ4v) is 2.10. The van der Waals surface area contributed by atoms with Gasteiger partial charge < -0.3 is 20.5 Å². The molecule has 0 aromatic carbocycles. The number of hydrogen-bond donors (Lipinski definition) is 3. The van der Waals surface area contributed by atoms with Crippen LogP contribution in [-0.4, -0.2) is 34.3 Å². The maximum Gasteiger partial charge on any atom is 0.508 e. The van der Waals surface area contributed by atoms with Crippen LogP contribution in [0.25, 0.3) is 0 Å². The molecule has 0 fully saturated rings. The molecular formula is C13H23BN2O3. The molecule has 4 N–H and O–H groups in total. The molecule has 0 aliphatic heterocycles. The van der Waals surface area contributed by atoms with Gasteiger partial charge in [-0.2, -0.15) is 0 Å². The molecule has 0 aliphatic carbocycles. The van der Waals surface area contributed by atoms with Gasteiger partial charge in [-0.3, -0.25) is 4.98 Å². The molecule has 0 saturated heterocycles. The first-order valence-electron chi connectivity index (χ1n) is 6.46. The van der Waals surface area contributed by atoms with E-state index in [1.165, 1.54) is 6.07 Å². The van der Waals surface area contributed by atoms with Crippen LogP contribution in [0.15, 0.2) is 12.1 Å². The molecule has 0 unspecified atom stereocenters. The molecule has 6 heteroatoms. The van der Waals surface area contributed by atoms with Crippen molar-refractivity contribution in [3.8, 4) is 5.75 Å². The molecule has 19 heavy (non-hydrogen) atoms. The second-order valence-corrected chi connectivity index (χ2v) is 5.73. The lowest BCUT2D eigenvalue weighted by atomic mass is 9.85. The van der Waals surface area contributed by atoms with E-state index in [9.17, 15) is 0 Å². The van der Waals surface area contributed by atoms with E-state index in [1.807, 2.05) is 6.92 Å². The smallest absolute Gasteiger partial charge is 0.490 e. The van der Waals surface area contributed by atoms with Crippen molar-refractivity contribution in [2.75, 3.05) is 6.61 Å². The first kappa shape index (κ1) is 16.0. The molecule has 0 bridgehead atoms. The fraction of sp³-hybridized carbons (Fsp3) is 0.615. The lowest BCUT2D eigenvalue weighted by Gasteiger charge is -2.26. The highest BCUT2D eigenvalue weighted by Gasteiger charge is 2.22. The maximum absolute atomic E-state index is 9.03. The summed E-state index contributed by atoms with van der Waals surface area (Å²) in [5, 5.41) is 18.1. The second-order valence-electron chi connectivity index (χ2n) is 5.73. The molecule has 106 valence electrons. The standard InChI is InChI=1S/C13H23BN2O3/c1-9(2)7-13(4,15)8-19-11-5-6-12(14(17)18)16-10(11)3/h5-6,9,17-18H,7-8,15H2,1-4H3/t13-/m0/s1. The Balaban J connectivity index is 2.68. The van der Waals surface area contributed by atoms with Gasteiger partial charge >= 0.3 is 7.12 Å². The zero-order chi connectivity index (χ0) is 14.6. The Kier molecular flexibility index (Phi) is 5.34. The average Bonchev–Trinajstić information content (AvgIpc) is 2.25. The summed E-state index contributed by atoms with van der Waals surface area (Å²) in [6.45, 7) is 8.36. The zero-order valence-electron chi connectivity index (χ0n) is 12.1. The quantitative estimate of drug-likeness (QED) is 0.641. The second kappa shape index (κ2) is 6.37. The minimum absolute atomic E-state index is 0.211. The Morgan fingerprint density at radius 3 is 2.53 bits per heavy atom. The van der Waals surface area contributed by atoms with Crippen LogP contribution < -0.4 is 16.1 Å². The Labute approximate surface area is 115 Å². The van der Waals surface area contributed by atoms with Crippen molar-refractivity contribution < 1.29 is 14.8 Å². The monoisotopic (exact) mass is 266 g/mol. The first-order valence-corrected chi connectivity index (χ1v) is 6.46. The third-order valence-electron chi connectivity index (χ3n) is 2.76. The van der Waals surface area contributed by atoms with E-state index in [1.54, 1.807) is 13.0 Å². The van der Waals surface area contributed by atoms with Gasteiger partial charge in [-0.25, -0.2) is 0 Å². The van der Waals surface area contributed by atoms with Gasteiger partial charge in [0.05, 0.1) is 11.3 Å². The lowest BCUT2D eigenvalue weighted by Crippen LogP contribution is -2.43. The predicted molar refractivity (Wildman–Crippen MR) is 76.3 cm³/mol. The van der Waals surface area contributed by atoms with Crippen LogP contribution in [0.1, 0.15) is 32.9 Å². The molecular weight excluding hydrogens is 243 g/mol. The Morgan fingerprint density at radius 1 is 1.42 bits per heavy atom. The van der Waals surface area contributed by atoms with Gasteiger partial charge in [0.2, 0.25) is 0 Å². The Morgan fingerprint density at radius 2 is 2.05 bits per heavy atom. The van der Waals surface area contributed by atoms with Crippen molar-refractivity contribution in [3.05, 3.63) is 17.8 Å². The highest BCUT2D eigenvalue weighted by molar-refractivity contribution is 6.57. The van der Waals surface area contributed by atoms with E-state index < -0.39 is 12.7 Å². The molecule has 0 saturated carbocycles. The highest BCUT2D eigenvalue weighted by Crippen LogP contribution is 2.18. The molecule has 1 atom stereocenters. The van der Waals surface area contributed by atoms with Gasteiger partial charge in [-0.15, -0.1) is 0 Å². The number of nitrogens with zero attached hydrogens (tertiary/aromatic N) is 1. The Hall–Kier alpha value is -1.11. The number of nitrogens with two attached hydrogens (primary N) is 1. The van der Waals surface area contributed by atoms with Gasteiger partial charge in [0, 0.05) is 5.54 Å². The fourth-order valence-electron chi connectivity index (χ4n) is 2.10. The van der Waals surface area contributed by atoms with E-state index in [2.05, 4.69) is 18.8 Å². The topological polar surface area (TPSA) is 88.6 Å². The van der Waals surface area contributed by atoms with E-state index >= 15 is 0 Å². The molecule has 0 radical (unpaired) electrons. The third-order valence-corrected chi connectivity index (χ3v) is 2.76. The normalized spacial score (nSPS) is 14.3. The number of aryl methyl sites for hydroxylation is 1. The molecule has 0 amide bonds. The van der Waals surface area contributed by atoms with Crippen LogP contribution in [0.2, 0.25) is 0 Å². The summed E-state index contributed by atoms with van der Waals surface area (Å²) >= 11 is 0. The number of hydrogen-bond acceptors (Lipinski definition) is 5. The van der Waals surface area contributed by atoms with Gasteiger partial charge in [0.1, 0.15) is 12.4 Å². The van der Waals surface area contributed by atoms with E-state index in [-0.39, 0.29) is 5.59 Å². The largest absolute Gasteiger partial charge is 0.508 e. The van der Waals surface area contributed by atoms with Crippen LogP contribution in [0.5, 0.6) is 5.75 Å². The summed E-state index contributed by atoms with van der Waals surface area (Å²) in [4.78, 5) is 4.07. The van der Waals surface area contributed by atoms with Gasteiger partial charge in [-0.1, -0.05) is 13.8 Å². The van der Waals surface area contributed by atoms with E-state index in [0.29, 0.717) is 24.0 Å². The van der Waals surface area contributed by atoms with Crippen LogP contribution in [0, 0.1) is 12.8 Å². The summed E-state index contributed by atoms with van der Waals surface area (Å²) in [7, 11) is -1.56. The van der Waals surface area contributed by atoms with Crippen molar-refractivity contribution >= 4 is 12.7 Å². The summed E-state index contributed by atoms with van der Waals surface area (Å²) in [6.07, 6.45) is 0.868. The van der Waals surface area contributed by atoms with Crippen LogP contribution in [0.3, 0.4) is 0 Å². The zero-order valence-corrected chi connectivity index (χ0v) is 12.1. The molecule has 1 aromatic rings. The summed E-state index contributed by atoms with van der Waals surface area (Å²) in [5.41, 5.74) is 6.60. The third kappa shape index (κ3) is 5.18. The summed E-state index contributed by atoms with van der Waals surface area (Å²) in [5.74, 6) is 1.12. The minimum Gasteiger partial charge on any atom is -0.490 e. The van der Waals surface area contributed by atoms with E-state index in [0.717, 1.165) is 6.42 Å². The average molecular weight is 266 g/mol. The van der Waals surface area contributed by atoms with Crippen LogP contribution >= 0.6 is 0 Å². The SMILES string of the molecule is Cc1nc(B(O)O)ccc1OC[C@@](C)(N)CC(C)C. The van der Waals surface area contributed by atoms with Crippen LogP contribution in [-0.2, 0) is 0 Å². The first-order chi connectivity index (χ1) is 8.71. The van der Waals surface area contributed by atoms with Gasteiger partial charge in [0.15, 0.2) is 0 Å². The van der Waals surface area contributed by atoms with Gasteiger partial charge in [-0.05, 0) is 38.3 Å². The molecule has 0 spiro atoms. The van der Waals surface area contributed by atoms with Gasteiger partial charge in [0.25, 0.3) is 0 Å². The number of aromatic nitrogens is 1. The van der Waals surface area contributed by atoms with Crippen molar-refractivity contribution in [2.24, 2.45) is 11.7 Å². The summed E-state index contributed by atoms with van der Waals surface area (Å²) < 4.78 is 5.69. The number of rotatable bonds is 6. The predicted octanol–water partition coefficient (Wildman–Crippen LogP) is 0.212. The maximum atomic E-state index is 9.03. The van der Waals surface area contributed by atoms with Crippen LogP contribution in [0.4, 0.5) is 0 Å². The van der Waals surface area contributed by atoms with Crippen molar-refractivity contribution in [2.45, 2.75) is 39.7 Å². The molecule has 5 nitrogen and oxygen atoms in total. The molecule has 1 rings (SSSR count). The summed E-state index contributed by atoms with van der Waals surface area (Å²) in [6, 6.07) is 3.21. The minimum atomic E-state index is -1.56. The number of pyridine rings is 1. The van der Waals surface area contributed by atoms with Crippen molar-refractivity contribution in [1.82, 2.24) is 4.98 Å². The highest BCUT2D eigenvalue weighted by atomic mass is 16.5. The molecule has 0 aliphatic rings. The van der Waals surface area contributed by atoms with Crippen molar-refractivity contribution in [3.63, 3.8) is 0 Å². The molecule has 1 heterocycles. The van der Waals surface area contributed by atoms with E-state index in [4.69, 9.17) is 20.5 Å².